The molecule has 0 fully saturated rings. The number of para-hydroxylation sites is 1. The number of methoxy groups -OCH3 is 1. The van der Waals surface area contributed by atoms with Crippen LogP contribution in [0, 0.1) is 22.1 Å². The van der Waals surface area contributed by atoms with Gasteiger partial charge in [0, 0.05) is 34.7 Å². The number of aromatic amines is 1. The first-order valence-electron chi connectivity index (χ1n) is 9.64. The fourth-order valence-electron chi connectivity index (χ4n) is 4.57. The molecule has 3 aromatic rings. The number of esters is 1. The standard InChI is InChI=1S/C21H20N2O3.ClHO4/c1-12-16-10-23-8-7-14-13-5-3-4-6-18(13)22-20(14)19(23)9-15(16)17(11-26-12)21(24)25-2;2-1(3,4)5/h3-8,11-12,15-16H,9-10H2,1-2H3;(H,2,3,4,5)/t12-,15-,16+;/m0./s1. The van der Waals surface area contributed by atoms with E-state index in [9.17, 15) is 4.79 Å². The Kier molecular flexibility index (Phi) is 5.63. The van der Waals surface area contributed by atoms with Crippen molar-refractivity contribution in [3.8, 4) is 0 Å². The Hall–Kier alpha value is -2.69. The molecule has 0 spiro atoms. The molecule has 0 bridgehead atoms. The highest BCUT2D eigenvalue weighted by molar-refractivity contribution is 6.07. The zero-order valence-electron chi connectivity index (χ0n) is 16.9. The number of benzene rings is 1. The minimum absolute atomic E-state index is 0.0764. The molecule has 31 heavy (non-hydrogen) atoms. The predicted molar refractivity (Wildman–Crippen MR) is 97.3 cm³/mol. The van der Waals surface area contributed by atoms with Crippen molar-refractivity contribution in [2.75, 3.05) is 7.11 Å². The quantitative estimate of drug-likeness (QED) is 0.338. The summed E-state index contributed by atoms with van der Waals surface area (Å²) in [5, 5.41) is 2.46. The summed E-state index contributed by atoms with van der Waals surface area (Å²) in [5.41, 5.74) is 4.19. The smallest absolute Gasteiger partial charge is 0.337 e. The first-order chi connectivity index (χ1) is 14.7. The molecule has 0 unspecified atom stereocenters. The molecule has 2 aromatic heterocycles. The molecule has 9 nitrogen and oxygen atoms in total. The van der Waals surface area contributed by atoms with E-state index in [2.05, 4.69) is 46.9 Å². The molecular weight excluding hydrogens is 428 g/mol. The Labute approximate surface area is 179 Å². The molecule has 1 aromatic carbocycles. The molecule has 2 aliphatic heterocycles. The van der Waals surface area contributed by atoms with Crippen LogP contribution in [0.3, 0.4) is 0 Å². The number of carbonyl (C=O) groups excluding carboxylic acids is 1. The van der Waals surface area contributed by atoms with E-state index in [4.69, 9.17) is 28.1 Å². The van der Waals surface area contributed by atoms with Crippen LogP contribution < -0.4 is 23.2 Å². The van der Waals surface area contributed by atoms with Crippen LogP contribution in [0.15, 0.2) is 48.4 Å². The number of nitrogens with zero attached hydrogens (tertiary/aromatic N) is 1. The maximum atomic E-state index is 12.3. The van der Waals surface area contributed by atoms with Crippen LogP contribution in [-0.4, -0.2) is 24.2 Å². The van der Waals surface area contributed by atoms with E-state index in [1.54, 1.807) is 6.26 Å². The lowest BCUT2D eigenvalue weighted by Crippen LogP contribution is -2.68. The number of H-pyrrole nitrogens is 1. The van der Waals surface area contributed by atoms with Gasteiger partial charge in [0.15, 0.2) is 12.7 Å². The number of hydrogen-bond donors (Lipinski definition) is 1. The fraction of sp³-hybridized carbons (Fsp3) is 0.333. The number of rotatable bonds is 1. The molecule has 164 valence electrons. The maximum Gasteiger partial charge on any atom is 0.337 e. The largest absolute Gasteiger partial charge is 0.497 e. The van der Waals surface area contributed by atoms with Crippen LogP contribution in [0.1, 0.15) is 12.6 Å². The van der Waals surface area contributed by atoms with Crippen LogP contribution in [0.4, 0.5) is 0 Å². The zero-order valence-corrected chi connectivity index (χ0v) is 17.6. The van der Waals surface area contributed by atoms with Gasteiger partial charge in [0.1, 0.15) is 11.6 Å². The van der Waals surface area contributed by atoms with Crippen molar-refractivity contribution in [2.45, 2.75) is 26.0 Å². The van der Waals surface area contributed by atoms with Gasteiger partial charge in [0.25, 0.3) is 0 Å². The van der Waals surface area contributed by atoms with Gasteiger partial charge in [0.05, 0.1) is 24.9 Å². The second kappa shape index (κ2) is 8.10. The van der Waals surface area contributed by atoms with Gasteiger partial charge in [-0.25, -0.2) is 28.0 Å². The lowest BCUT2D eigenvalue weighted by atomic mass is 9.76. The Morgan fingerprint density at radius 2 is 1.90 bits per heavy atom. The summed E-state index contributed by atoms with van der Waals surface area (Å²) < 4.78 is 47.0. The molecule has 1 N–H and O–H groups in total. The van der Waals surface area contributed by atoms with E-state index >= 15 is 0 Å². The van der Waals surface area contributed by atoms with Crippen molar-refractivity contribution in [1.82, 2.24) is 4.98 Å². The molecular formula is C21H21ClN2O7. The number of aromatic nitrogens is 2. The SMILES string of the molecule is COC(=O)C1=CO[C@@H](C)[C@H]2C[n+]3ccc4c([nH]c5ccccc54)c3C[C@H]12.[O-][Cl+3]([O-])([O-])[O-]. The Morgan fingerprint density at radius 3 is 2.61 bits per heavy atom. The van der Waals surface area contributed by atoms with Gasteiger partial charge in [0.2, 0.25) is 5.69 Å². The predicted octanol–water partition coefficient (Wildman–Crippen LogP) is -1.88. The van der Waals surface area contributed by atoms with Gasteiger partial charge < -0.3 is 14.5 Å². The molecule has 0 aliphatic carbocycles. The number of fused-ring (bicyclic) bond motifs is 6. The number of ether oxygens (including phenoxy) is 2. The normalized spacial score (nSPS) is 22.5. The Morgan fingerprint density at radius 1 is 1.19 bits per heavy atom. The minimum atomic E-state index is -4.94. The van der Waals surface area contributed by atoms with E-state index in [-0.39, 0.29) is 23.9 Å². The summed E-state index contributed by atoms with van der Waals surface area (Å²) in [6, 6.07) is 10.5. The third kappa shape index (κ3) is 4.23. The van der Waals surface area contributed by atoms with Crippen molar-refractivity contribution in [3.63, 3.8) is 0 Å². The number of hydrogen-bond acceptors (Lipinski definition) is 7. The summed E-state index contributed by atoms with van der Waals surface area (Å²) in [7, 11) is -3.52. The maximum absolute atomic E-state index is 12.3. The average Bonchev–Trinajstić information content (AvgIpc) is 3.10. The van der Waals surface area contributed by atoms with Gasteiger partial charge in [-0.15, -0.1) is 10.2 Å². The van der Waals surface area contributed by atoms with Crippen molar-refractivity contribution in [2.24, 2.45) is 11.8 Å². The second-order valence-corrected chi connectivity index (χ2v) is 8.39. The molecule has 0 saturated carbocycles. The lowest BCUT2D eigenvalue weighted by molar-refractivity contribution is -2.00. The zero-order chi connectivity index (χ0) is 22.3. The van der Waals surface area contributed by atoms with E-state index < -0.39 is 10.2 Å². The van der Waals surface area contributed by atoms with Gasteiger partial charge in [-0.2, -0.15) is 0 Å². The monoisotopic (exact) mass is 448 g/mol. The Bertz CT molecular complexity index is 1160. The van der Waals surface area contributed by atoms with Crippen LogP contribution in [0.5, 0.6) is 0 Å². The highest BCUT2D eigenvalue weighted by Crippen LogP contribution is 2.38. The van der Waals surface area contributed by atoms with Crippen LogP contribution in [0.2, 0.25) is 0 Å². The van der Waals surface area contributed by atoms with Crippen LogP contribution in [0.25, 0.3) is 21.8 Å². The second-order valence-electron chi connectivity index (χ2n) is 7.63. The molecule has 3 atom stereocenters. The average molecular weight is 449 g/mol. The molecule has 0 radical (unpaired) electrons. The van der Waals surface area contributed by atoms with Gasteiger partial charge in [-0.05, 0) is 13.0 Å². The number of nitrogens with one attached hydrogen (secondary N) is 1. The van der Waals surface area contributed by atoms with Crippen LogP contribution in [-0.2, 0) is 27.2 Å². The van der Waals surface area contributed by atoms with Crippen molar-refractivity contribution in [3.05, 3.63) is 54.1 Å². The van der Waals surface area contributed by atoms with Gasteiger partial charge in [-0.3, -0.25) is 0 Å². The summed E-state index contributed by atoms with van der Waals surface area (Å²) in [6.45, 7) is 2.91. The third-order valence-electron chi connectivity index (χ3n) is 5.97. The van der Waals surface area contributed by atoms with E-state index in [1.807, 2.05) is 6.07 Å². The molecule has 0 amide bonds. The highest BCUT2D eigenvalue weighted by atomic mass is 35.7. The first-order valence-corrected chi connectivity index (χ1v) is 10.9. The van der Waals surface area contributed by atoms with E-state index in [1.165, 1.54) is 23.6 Å². The first kappa shape index (κ1) is 21.5. The third-order valence-corrected chi connectivity index (χ3v) is 5.97. The molecule has 2 aliphatic rings. The molecule has 4 heterocycles. The molecule has 0 saturated heterocycles. The van der Waals surface area contributed by atoms with Crippen LogP contribution >= 0.6 is 0 Å². The summed E-state index contributed by atoms with van der Waals surface area (Å²) in [4.78, 5) is 15.8. The molecule has 5 rings (SSSR count). The highest BCUT2D eigenvalue weighted by Gasteiger charge is 2.45. The number of halogens is 1. The lowest BCUT2D eigenvalue weighted by Gasteiger charge is -2.36. The van der Waals surface area contributed by atoms with Gasteiger partial charge in [-0.1, -0.05) is 18.2 Å². The van der Waals surface area contributed by atoms with Crippen molar-refractivity contribution >= 4 is 27.8 Å². The summed E-state index contributed by atoms with van der Waals surface area (Å²) >= 11 is 0. The Balaban J connectivity index is 0.000000418. The summed E-state index contributed by atoms with van der Waals surface area (Å²) in [6.07, 6.45) is 4.64. The van der Waals surface area contributed by atoms with E-state index in [0.717, 1.165) is 24.0 Å². The fourth-order valence-corrected chi connectivity index (χ4v) is 4.57. The minimum Gasteiger partial charge on any atom is -0.497 e. The van der Waals surface area contributed by atoms with Gasteiger partial charge >= 0.3 is 5.97 Å². The van der Waals surface area contributed by atoms with E-state index in [0.29, 0.717) is 5.57 Å². The van der Waals surface area contributed by atoms with Crippen molar-refractivity contribution < 1.29 is 47.7 Å². The summed E-state index contributed by atoms with van der Waals surface area (Å²) in [5.74, 6) is 0.0841. The molecule has 10 heteroatoms. The van der Waals surface area contributed by atoms with Crippen molar-refractivity contribution in [1.29, 1.82) is 0 Å². The topological polar surface area (TPSA) is 147 Å². The number of pyridine rings is 1. The number of carbonyl (C=O) groups is 1.